The molecule has 3 nitrogen and oxygen atoms in total. The highest BCUT2D eigenvalue weighted by Gasteiger charge is 2.30. The van der Waals surface area contributed by atoms with Gasteiger partial charge in [-0.25, -0.2) is 4.98 Å². The zero-order valence-electron chi connectivity index (χ0n) is 10.9. The SMILES string of the molecule is C=C1N(C)c2ncccc2N1c1cc(C)ccc1Cl. The second kappa shape index (κ2) is 4.28. The minimum atomic E-state index is 0.705. The number of rotatable bonds is 1. The summed E-state index contributed by atoms with van der Waals surface area (Å²) in [6.45, 7) is 6.18. The molecule has 0 fully saturated rings. The molecule has 1 aliphatic rings. The fourth-order valence-corrected chi connectivity index (χ4v) is 2.50. The van der Waals surface area contributed by atoms with Crippen LogP contribution in [0, 0.1) is 6.92 Å². The van der Waals surface area contributed by atoms with Gasteiger partial charge in [-0.2, -0.15) is 0 Å². The number of hydrogen-bond donors (Lipinski definition) is 0. The van der Waals surface area contributed by atoms with E-state index < -0.39 is 0 Å². The van der Waals surface area contributed by atoms with Crippen LogP contribution in [0.5, 0.6) is 0 Å². The van der Waals surface area contributed by atoms with E-state index in [9.17, 15) is 0 Å². The molecule has 0 bridgehead atoms. The maximum absolute atomic E-state index is 6.33. The fraction of sp³-hybridized carbons (Fsp3) is 0.133. The van der Waals surface area contributed by atoms with Crippen LogP contribution in [-0.4, -0.2) is 12.0 Å². The third-order valence-electron chi connectivity index (χ3n) is 3.31. The van der Waals surface area contributed by atoms with Crippen LogP contribution in [0.25, 0.3) is 0 Å². The van der Waals surface area contributed by atoms with Gasteiger partial charge >= 0.3 is 0 Å². The van der Waals surface area contributed by atoms with Crippen LogP contribution in [0.1, 0.15) is 5.56 Å². The van der Waals surface area contributed by atoms with Crippen molar-refractivity contribution in [2.75, 3.05) is 16.8 Å². The summed E-state index contributed by atoms with van der Waals surface area (Å²) in [5.41, 5.74) is 3.10. The highest BCUT2D eigenvalue weighted by atomic mass is 35.5. The average Bonchev–Trinajstić information content (AvgIpc) is 2.66. The monoisotopic (exact) mass is 271 g/mol. The first kappa shape index (κ1) is 12.1. The van der Waals surface area contributed by atoms with E-state index in [1.807, 2.05) is 48.0 Å². The third kappa shape index (κ3) is 1.78. The number of pyridine rings is 1. The van der Waals surface area contributed by atoms with Gasteiger partial charge in [0.1, 0.15) is 5.82 Å². The molecule has 4 heteroatoms. The van der Waals surface area contributed by atoms with Crippen molar-refractivity contribution < 1.29 is 0 Å². The Hall–Kier alpha value is -2.00. The van der Waals surface area contributed by atoms with E-state index in [1.54, 1.807) is 6.20 Å². The van der Waals surface area contributed by atoms with E-state index in [0.717, 1.165) is 28.6 Å². The second-order valence-corrected chi connectivity index (χ2v) is 5.02. The van der Waals surface area contributed by atoms with Gasteiger partial charge < -0.3 is 4.90 Å². The van der Waals surface area contributed by atoms with Gasteiger partial charge in [0.05, 0.1) is 16.4 Å². The Morgan fingerprint density at radius 1 is 1.21 bits per heavy atom. The summed E-state index contributed by atoms with van der Waals surface area (Å²) in [5, 5.41) is 0.705. The number of halogens is 1. The zero-order chi connectivity index (χ0) is 13.6. The Morgan fingerprint density at radius 3 is 2.79 bits per heavy atom. The van der Waals surface area contributed by atoms with E-state index in [1.165, 1.54) is 0 Å². The topological polar surface area (TPSA) is 19.4 Å². The maximum Gasteiger partial charge on any atom is 0.158 e. The number of aryl methyl sites for hydroxylation is 1. The molecular weight excluding hydrogens is 258 g/mol. The highest BCUT2D eigenvalue weighted by molar-refractivity contribution is 6.33. The van der Waals surface area contributed by atoms with Gasteiger partial charge in [-0.3, -0.25) is 4.90 Å². The normalized spacial score (nSPS) is 13.9. The first-order valence-corrected chi connectivity index (χ1v) is 6.41. The lowest BCUT2D eigenvalue weighted by molar-refractivity contribution is 1.07. The molecule has 3 rings (SSSR count). The largest absolute Gasteiger partial charge is 0.314 e. The van der Waals surface area contributed by atoms with Gasteiger partial charge in [0.15, 0.2) is 5.82 Å². The van der Waals surface area contributed by atoms with Crippen molar-refractivity contribution in [3.05, 3.63) is 59.5 Å². The van der Waals surface area contributed by atoms with Crippen molar-refractivity contribution in [2.24, 2.45) is 0 Å². The van der Waals surface area contributed by atoms with E-state index in [0.29, 0.717) is 5.02 Å². The van der Waals surface area contributed by atoms with Gasteiger partial charge in [0, 0.05) is 13.2 Å². The fourth-order valence-electron chi connectivity index (χ4n) is 2.30. The third-order valence-corrected chi connectivity index (χ3v) is 3.63. The molecular formula is C15H14ClN3. The summed E-state index contributed by atoms with van der Waals surface area (Å²) in [6, 6.07) is 9.91. The molecule has 0 unspecified atom stereocenters. The minimum absolute atomic E-state index is 0.705. The van der Waals surface area contributed by atoms with Gasteiger partial charge in [0.25, 0.3) is 0 Å². The molecule has 0 atom stereocenters. The summed E-state index contributed by atoms with van der Waals surface area (Å²) in [6.07, 6.45) is 1.78. The quantitative estimate of drug-likeness (QED) is 0.778. The first-order chi connectivity index (χ1) is 9.09. The van der Waals surface area contributed by atoms with Crippen LogP contribution in [0.15, 0.2) is 48.9 Å². The molecule has 0 saturated carbocycles. The van der Waals surface area contributed by atoms with E-state index in [4.69, 9.17) is 11.6 Å². The first-order valence-electron chi connectivity index (χ1n) is 6.03. The van der Waals surface area contributed by atoms with Gasteiger partial charge in [-0.15, -0.1) is 0 Å². The van der Waals surface area contributed by atoms with Gasteiger partial charge in [0.2, 0.25) is 0 Å². The zero-order valence-corrected chi connectivity index (χ0v) is 11.6. The molecule has 0 radical (unpaired) electrons. The lowest BCUT2D eigenvalue weighted by Crippen LogP contribution is -2.20. The molecule has 1 aliphatic heterocycles. The van der Waals surface area contributed by atoms with Crippen LogP contribution < -0.4 is 9.80 Å². The van der Waals surface area contributed by atoms with Crippen molar-refractivity contribution in [1.82, 2.24) is 4.98 Å². The molecule has 2 aromatic rings. The molecule has 0 saturated heterocycles. The number of benzene rings is 1. The van der Waals surface area contributed by atoms with Crippen LogP contribution in [0.2, 0.25) is 5.02 Å². The number of hydrogen-bond acceptors (Lipinski definition) is 3. The van der Waals surface area contributed by atoms with Crippen molar-refractivity contribution in [3.8, 4) is 0 Å². The maximum atomic E-state index is 6.33. The Kier molecular flexibility index (Phi) is 2.72. The number of aromatic nitrogens is 1. The van der Waals surface area contributed by atoms with Gasteiger partial charge in [-0.1, -0.05) is 24.2 Å². The Balaban J connectivity index is 2.21. The van der Waals surface area contributed by atoms with Crippen molar-refractivity contribution in [1.29, 1.82) is 0 Å². The molecule has 0 N–H and O–H groups in total. The molecule has 0 amide bonds. The number of nitrogens with zero attached hydrogens (tertiary/aromatic N) is 3. The molecule has 0 spiro atoms. The summed E-state index contributed by atoms with van der Waals surface area (Å²) >= 11 is 6.33. The molecule has 1 aromatic carbocycles. The van der Waals surface area contributed by atoms with Crippen LogP contribution in [0.4, 0.5) is 17.2 Å². The predicted octanol–water partition coefficient (Wildman–Crippen LogP) is 4.10. The standard InChI is InChI=1S/C15H14ClN3/c1-10-6-7-12(16)14(9-10)19-11(2)18(3)15-13(19)5-4-8-17-15/h4-9H,2H2,1,3H3. The van der Waals surface area contributed by atoms with Crippen LogP contribution >= 0.6 is 11.6 Å². The minimum Gasteiger partial charge on any atom is -0.314 e. The number of fused-ring (bicyclic) bond motifs is 1. The smallest absolute Gasteiger partial charge is 0.158 e. The van der Waals surface area contributed by atoms with Crippen LogP contribution in [-0.2, 0) is 0 Å². The summed E-state index contributed by atoms with van der Waals surface area (Å²) < 4.78 is 0. The molecule has 2 heterocycles. The summed E-state index contributed by atoms with van der Waals surface area (Å²) in [5.74, 6) is 1.74. The van der Waals surface area contributed by atoms with E-state index >= 15 is 0 Å². The van der Waals surface area contributed by atoms with Crippen LogP contribution in [0.3, 0.4) is 0 Å². The molecule has 0 aliphatic carbocycles. The lowest BCUT2D eigenvalue weighted by Gasteiger charge is -2.22. The van der Waals surface area contributed by atoms with Gasteiger partial charge in [-0.05, 0) is 36.8 Å². The summed E-state index contributed by atoms with van der Waals surface area (Å²) in [4.78, 5) is 8.40. The molecule has 19 heavy (non-hydrogen) atoms. The van der Waals surface area contributed by atoms with E-state index in [2.05, 4.69) is 17.6 Å². The lowest BCUT2D eigenvalue weighted by atomic mass is 10.2. The second-order valence-electron chi connectivity index (χ2n) is 4.61. The average molecular weight is 272 g/mol. The Labute approximate surface area is 117 Å². The van der Waals surface area contributed by atoms with Crippen molar-refractivity contribution >= 4 is 28.8 Å². The summed E-state index contributed by atoms with van der Waals surface area (Å²) in [7, 11) is 1.96. The number of anilines is 3. The Morgan fingerprint density at radius 2 is 2.00 bits per heavy atom. The van der Waals surface area contributed by atoms with E-state index in [-0.39, 0.29) is 0 Å². The van der Waals surface area contributed by atoms with Crippen molar-refractivity contribution in [3.63, 3.8) is 0 Å². The Bertz CT molecular complexity index is 666. The van der Waals surface area contributed by atoms with Crippen molar-refractivity contribution in [2.45, 2.75) is 6.92 Å². The molecule has 96 valence electrons. The predicted molar refractivity (Wildman–Crippen MR) is 80.1 cm³/mol. The molecule has 1 aromatic heterocycles. The highest BCUT2D eigenvalue weighted by Crippen LogP contribution is 2.45.